The second-order valence-corrected chi connectivity index (χ2v) is 7.93. The molecule has 7 nitrogen and oxygen atoms in total. The molecule has 152 valence electrons. The van der Waals surface area contributed by atoms with Crippen molar-refractivity contribution in [1.82, 2.24) is 19.9 Å². The molecule has 3 aromatic rings. The predicted octanol–water partition coefficient (Wildman–Crippen LogP) is 3.64. The Morgan fingerprint density at radius 2 is 2.17 bits per heavy atom. The van der Waals surface area contributed by atoms with Crippen LogP contribution < -0.4 is 16.0 Å². The molecule has 0 bridgehead atoms. The number of carbonyl (C=O) groups is 1. The quantitative estimate of drug-likeness (QED) is 0.588. The number of rotatable bonds is 6. The fraction of sp³-hybridized carbons (Fsp3) is 0.261. The van der Waals surface area contributed by atoms with E-state index in [1.165, 1.54) is 24.0 Å². The summed E-state index contributed by atoms with van der Waals surface area (Å²) in [5.41, 5.74) is 5.59. The van der Waals surface area contributed by atoms with Crippen LogP contribution in [-0.4, -0.2) is 26.5 Å². The summed E-state index contributed by atoms with van der Waals surface area (Å²) >= 11 is 0. The molecule has 30 heavy (non-hydrogen) atoms. The van der Waals surface area contributed by atoms with E-state index in [0.29, 0.717) is 24.7 Å². The van der Waals surface area contributed by atoms with Crippen LogP contribution in [0.15, 0.2) is 54.4 Å². The molecule has 0 atom stereocenters. The minimum Gasteiger partial charge on any atom is -0.367 e. The highest BCUT2D eigenvalue weighted by atomic mass is 16.1. The van der Waals surface area contributed by atoms with E-state index in [2.05, 4.69) is 46.7 Å². The van der Waals surface area contributed by atoms with E-state index >= 15 is 0 Å². The third-order valence-electron chi connectivity index (χ3n) is 5.51. The molecule has 1 aliphatic carbocycles. The van der Waals surface area contributed by atoms with E-state index in [4.69, 9.17) is 4.98 Å². The number of fused-ring (bicyclic) bond motifs is 1. The number of nitrogens with one attached hydrogen (secondary N) is 3. The molecule has 3 N–H and O–H groups in total. The van der Waals surface area contributed by atoms with Crippen LogP contribution in [0.3, 0.4) is 0 Å². The summed E-state index contributed by atoms with van der Waals surface area (Å²) < 4.78 is 1.83. The normalized spacial score (nSPS) is 17.6. The molecule has 1 amide bonds. The SMILES string of the molecule is C=C1NC(=O)C/C1=C\c1cnn2c(NC3CC3)cc(NCc3ccccc3C)nc12. The van der Waals surface area contributed by atoms with Crippen LogP contribution in [0.5, 0.6) is 0 Å². The summed E-state index contributed by atoms with van der Waals surface area (Å²) in [6.45, 7) is 6.73. The van der Waals surface area contributed by atoms with Crippen LogP contribution >= 0.6 is 0 Å². The summed E-state index contributed by atoms with van der Waals surface area (Å²) in [7, 11) is 0. The van der Waals surface area contributed by atoms with Crippen molar-refractivity contribution in [2.24, 2.45) is 0 Å². The molecule has 5 rings (SSSR count). The minimum atomic E-state index is -0.0349. The molecular weight excluding hydrogens is 376 g/mol. The average Bonchev–Trinajstić information content (AvgIpc) is 3.36. The van der Waals surface area contributed by atoms with Crippen LogP contribution in [0.25, 0.3) is 11.7 Å². The van der Waals surface area contributed by atoms with Crippen LogP contribution in [-0.2, 0) is 11.3 Å². The van der Waals surface area contributed by atoms with Gasteiger partial charge >= 0.3 is 0 Å². The Kier molecular flexibility index (Phi) is 4.50. The first-order valence-corrected chi connectivity index (χ1v) is 10.2. The zero-order chi connectivity index (χ0) is 20.7. The number of carbonyl (C=O) groups excluding carboxylic acids is 1. The Labute approximate surface area is 174 Å². The molecule has 2 aromatic heterocycles. The molecule has 1 saturated heterocycles. The molecule has 1 aromatic carbocycles. The van der Waals surface area contributed by atoms with E-state index in [-0.39, 0.29) is 5.91 Å². The topological polar surface area (TPSA) is 83.4 Å². The number of aromatic nitrogens is 3. The maximum atomic E-state index is 11.7. The first-order valence-electron chi connectivity index (χ1n) is 10.2. The van der Waals surface area contributed by atoms with Crippen LogP contribution in [0, 0.1) is 6.92 Å². The Balaban J connectivity index is 1.51. The summed E-state index contributed by atoms with van der Waals surface area (Å²) in [6.07, 6.45) is 6.40. The molecule has 3 heterocycles. The number of hydrogen-bond acceptors (Lipinski definition) is 5. The zero-order valence-corrected chi connectivity index (χ0v) is 16.9. The lowest BCUT2D eigenvalue weighted by molar-refractivity contribution is -0.118. The fourth-order valence-electron chi connectivity index (χ4n) is 3.60. The minimum absolute atomic E-state index is 0.0349. The third-order valence-corrected chi connectivity index (χ3v) is 5.51. The van der Waals surface area contributed by atoms with Gasteiger partial charge in [0.05, 0.1) is 12.6 Å². The highest BCUT2D eigenvalue weighted by Crippen LogP contribution is 2.29. The van der Waals surface area contributed by atoms with Gasteiger partial charge in [-0.15, -0.1) is 0 Å². The summed E-state index contributed by atoms with van der Waals surface area (Å²) in [4.78, 5) is 16.5. The van der Waals surface area contributed by atoms with E-state index in [0.717, 1.165) is 28.4 Å². The largest absolute Gasteiger partial charge is 0.367 e. The second kappa shape index (κ2) is 7.33. The van der Waals surface area contributed by atoms with E-state index in [1.54, 1.807) is 6.20 Å². The van der Waals surface area contributed by atoms with Gasteiger partial charge in [0.25, 0.3) is 0 Å². The second-order valence-electron chi connectivity index (χ2n) is 7.93. The summed E-state index contributed by atoms with van der Waals surface area (Å²) in [5.74, 6) is 1.67. The third kappa shape index (κ3) is 3.66. The Hall–Kier alpha value is -3.61. The summed E-state index contributed by atoms with van der Waals surface area (Å²) in [5, 5.41) is 14.3. The van der Waals surface area contributed by atoms with Gasteiger partial charge in [0.15, 0.2) is 5.65 Å². The number of nitrogens with zero attached hydrogens (tertiary/aromatic N) is 3. The standard InChI is InChI=1S/C23H24N6O/c1-14-5-3-4-6-16(14)12-24-20-11-21(27-19-7-8-19)29-23(28-20)18(13-25-29)9-17-10-22(30)26-15(17)2/h3-6,9,11,13,19,27H,2,7-8,10,12H2,1H3,(H,24,28)(H,26,30)/b17-9+. The van der Waals surface area contributed by atoms with Crippen molar-refractivity contribution < 1.29 is 4.79 Å². The lowest BCUT2D eigenvalue weighted by Crippen LogP contribution is -2.10. The average molecular weight is 400 g/mol. The van der Waals surface area contributed by atoms with Crippen molar-refractivity contribution in [3.63, 3.8) is 0 Å². The monoisotopic (exact) mass is 400 g/mol. The number of amides is 1. The molecule has 7 heteroatoms. The van der Waals surface area contributed by atoms with Crippen LogP contribution in [0.4, 0.5) is 11.6 Å². The molecule has 1 aliphatic heterocycles. The number of aryl methyl sites for hydroxylation is 1. The van der Waals surface area contributed by atoms with Gasteiger partial charge in [0.1, 0.15) is 11.6 Å². The van der Waals surface area contributed by atoms with Gasteiger partial charge in [-0.3, -0.25) is 4.79 Å². The highest BCUT2D eigenvalue weighted by molar-refractivity contribution is 5.89. The lowest BCUT2D eigenvalue weighted by Gasteiger charge is -2.12. The molecule has 2 fully saturated rings. The van der Waals surface area contributed by atoms with Gasteiger partial charge in [0.2, 0.25) is 5.91 Å². The first-order chi connectivity index (χ1) is 14.6. The van der Waals surface area contributed by atoms with Gasteiger partial charge in [-0.1, -0.05) is 30.8 Å². The smallest absolute Gasteiger partial charge is 0.228 e. The van der Waals surface area contributed by atoms with Crippen molar-refractivity contribution in [2.45, 2.75) is 38.8 Å². The summed E-state index contributed by atoms with van der Waals surface area (Å²) in [6, 6.07) is 10.8. The number of allylic oxidation sites excluding steroid dienone is 1. The van der Waals surface area contributed by atoms with Crippen molar-refractivity contribution in [3.05, 3.63) is 71.1 Å². The zero-order valence-electron chi connectivity index (χ0n) is 16.9. The first kappa shape index (κ1) is 18.4. The van der Waals surface area contributed by atoms with E-state index in [9.17, 15) is 4.79 Å². The molecular formula is C23H24N6O. The molecule has 0 unspecified atom stereocenters. The van der Waals surface area contributed by atoms with Crippen LogP contribution in [0.2, 0.25) is 0 Å². The van der Waals surface area contributed by atoms with Crippen molar-refractivity contribution >= 4 is 29.3 Å². The molecule has 1 saturated carbocycles. The van der Waals surface area contributed by atoms with Gasteiger partial charge in [-0.05, 0) is 42.5 Å². The molecule has 0 spiro atoms. The number of benzene rings is 1. The van der Waals surface area contributed by atoms with E-state index < -0.39 is 0 Å². The van der Waals surface area contributed by atoms with Gasteiger partial charge in [-0.25, -0.2) is 4.98 Å². The highest BCUT2D eigenvalue weighted by Gasteiger charge is 2.24. The predicted molar refractivity (Wildman–Crippen MR) is 118 cm³/mol. The van der Waals surface area contributed by atoms with Gasteiger partial charge < -0.3 is 16.0 Å². The lowest BCUT2D eigenvalue weighted by atomic mass is 10.1. The maximum absolute atomic E-state index is 11.7. The number of anilines is 2. The van der Waals surface area contributed by atoms with Crippen molar-refractivity contribution in [1.29, 1.82) is 0 Å². The van der Waals surface area contributed by atoms with Crippen molar-refractivity contribution in [3.8, 4) is 0 Å². The fourth-order valence-corrected chi connectivity index (χ4v) is 3.60. The Morgan fingerprint density at radius 3 is 2.90 bits per heavy atom. The number of hydrogen-bond donors (Lipinski definition) is 3. The molecule has 0 radical (unpaired) electrons. The van der Waals surface area contributed by atoms with E-state index in [1.807, 2.05) is 28.8 Å². The Bertz CT molecular complexity index is 1190. The molecule has 2 aliphatic rings. The van der Waals surface area contributed by atoms with Crippen LogP contribution in [0.1, 0.15) is 36.0 Å². The van der Waals surface area contributed by atoms with Gasteiger partial charge in [0, 0.05) is 29.9 Å². The Morgan fingerprint density at radius 1 is 1.33 bits per heavy atom. The van der Waals surface area contributed by atoms with Crippen molar-refractivity contribution in [2.75, 3.05) is 10.6 Å². The van der Waals surface area contributed by atoms with Gasteiger partial charge in [-0.2, -0.15) is 9.61 Å². The maximum Gasteiger partial charge on any atom is 0.228 e.